The molecule has 0 bridgehead atoms. The second kappa shape index (κ2) is 7.41. The molecule has 2 aromatic rings. The summed E-state index contributed by atoms with van der Waals surface area (Å²) in [4.78, 5) is 23.6. The summed E-state index contributed by atoms with van der Waals surface area (Å²) in [5, 5.41) is 2.63. The van der Waals surface area contributed by atoms with Crippen molar-refractivity contribution in [1.82, 2.24) is 0 Å². The van der Waals surface area contributed by atoms with Crippen LogP contribution in [0.5, 0.6) is 5.75 Å². The zero-order valence-electron chi connectivity index (χ0n) is 14.6. The molecule has 0 saturated carbocycles. The number of hydrogen-bond donors (Lipinski definition) is 1. The fourth-order valence-electron chi connectivity index (χ4n) is 2.80. The van der Waals surface area contributed by atoms with Crippen LogP contribution in [0.1, 0.15) is 33.5 Å². The quantitative estimate of drug-likeness (QED) is 0.571. The number of aryl methyl sites for hydroxylation is 1. The topological polar surface area (TPSA) is 55.4 Å². The van der Waals surface area contributed by atoms with Crippen molar-refractivity contribution in [2.24, 2.45) is 0 Å². The number of carbonyl (C=O) groups excluding carboxylic acids is 2. The Bertz CT molecular complexity index is 933. The smallest absolute Gasteiger partial charge is 0.416 e. The third-order valence-corrected chi connectivity index (χ3v) is 4.25. The summed E-state index contributed by atoms with van der Waals surface area (Å²) in [6.07, 6.45) is -9.37. The number of benzene rings is 2. The van der Waals surface area contributed by atoms with Gasteiger partial charge in [0, 0.05) is 17.7 Å². The number of Topliss-reactive ketones (excluding diaryl/α,β-unsaturated/α-hetero) is 1. The number of nitrogens with one attached hydrogen (secondary N) is 1. The Hall–Kier alpha value is -3.04. The maximum Gasteiger partial charge on any atom is 0.416 e. The maximum absolute atomic E-state index is 12.9. The zero-order chi connectivity index (χ0) is 21.4. The van der Waals surface area contributed by atoms with Crippen LogP contribution in [0.25, 0.3) is 0 Å². The number of ketones is 1. The molecular formula is C19H13F6NO3. The average Bonchev–Trinajstić information content (AvgIpc) is 2.64. The van der Waals surface area contributed by atoms with E-state index in [1.807, 2.05) is 0 Å². The first kappa shape index (κ1) is 20.7. The molecule has 0 saturated heterocycles. The van der Waals surface area contributed by atoms with Crippen LogP contribution in [0.15, 0.2) is 36.4 Å². The number of amides is 1. The van der Waals surface area contributed by atoms with Gasteiger partial charge in [0.15, 0.2) is 12.4 Å². The molecule has 0 spiro atoms. The predicted molar refractivity (Wildman–Crippen MR) is 89.7 cm³/mol. The third kappa shape index (κ3) is 4.87. The van der Waals surface area contributed by atoms with E-state index < -0.39 is 41.6 Å². The van der Waals surface area contributed by atoms with Gasteiger partial charge in [-0.05, 0) is 48.4 Å². The van der Waals surface area contributed by atoms with E-state index >= 15 is 0 Å². The highest BCUT2D eigenvalue weighted by Gasteiger charge is 2.37. The molecule has 1 heterocycles. The van der Waals surface area contributed by atoms with Crippen molar-refractivity contribution in [1.29, 1.82) is 0 Å². The minimum absolute atomic E-state index is 0.0214. The molecule has 154 valence electrons. The van der Waals surface area contributed by atoms with Gasteiger partial charge in [-0.2, -0.15) is 26.3 Å². The van der Waals surface area contributed by atoms with Crippen LogP contribution in [0, 0.1) is 0 Å². The number of fused-ring (bicyclic) bond motifs is 1. The van der Waals surface area contributed by atoms with Crippen LogP contribution in [-0.4, -0.2) is 18.3 Å². The Labute approximate surface area is 160 Å². The van der Waals surface area contributed by atoms with Gasteiger partial charge in [-0.15, -0.1) is 0 Å². The van der Waals surface area contributed by atoms with Crippen LogP contribution in [-0.2, 0) is 23.6 Å². The molecule has 1 N–H and O–H groups in total. The molecule has 0 radical (unpaired) electrons. The number of hydrogen-bond acceptors (Lipinski definition) is 3. The monoisotopic (exact) mass is 417 g/mol. The van der Waals surface area contributed by atoms with Crippen molar-refractivity contribution < 1.29 is 40.7 Å². The van der Waals surface area contributed by atoms with E-state index in [1.54, 1.807) is 0 Å². The van der Waals surface area contributed by atoms with Gasteiger partial charge in [-0.3, -0.25) is 9.59 Å². The zero-order valence-corrected chi connectivity index (χ0v) is 14.6. The van der Waals surface area contributed by atoms with Crippen molar-refractivity contribution in [3.63, 3.8) is 0 Å². The number of carbonyl (C=O) groups is 2. The SMILES string of the molecule is O=C1CCc2cc(C(=O)COc3cc(C(F)(F)F)cc(C(F)(F)F)c3)ccc2N1. The fourth-order valence-corrected chi connectivity index (χ4v) is 2.80. The first-order valence-corrected chi connectivity index (χ1v) is 8.32. The van der Waals surface area contributed by atoms with Gasteiger partial charge in [-0.25, -0.2) is 0 Å². The molecule has 3 rings (SSSR count). The molecule has 0 aliphatic carbocycles. The van der Waals surface area contributed by atoms with Crippen LogP contribution < -0.4 is 10.1 Å². The van der Waals surface area contributed by atoms with Gasteiger partial charge in [0.2, 0.25) is 5.91 Å². The molecule has 0 aromatic heterocycles. The lowest BCUT2D eigenvalue weighted by Crippen LogP contribution is -2.20. The summed E-state index contributed by atoms with van der Waals surface area (Å²) >= 11 is 0. The molecule has 0 unspecified atom stereocenters. The van der Waals surface area contributed by atoms with Gasteiger partial charge in [0.05, 0.1) is 11.1 Å². The Kier molecular flexibility index (Phi) is 5.29. The Morgan fingerprint density at radius 2 is 1.55 bits per heavy atom. The summed E-state index contributed by atoms with van der Waals surface area (Å²) in [6, 6.07) is 5.20. The molecule has 0 fully saturated rings. The van der Waals surface area contributed by atoms with Gasteiger partial charge in [0.25, 0.3) is 0 Å². The highest BCUT2D eigenvalue weighted by Crippen LogP contribution is 2.38. The lowest BCUT2D eigenvalue weighted by Gasteiger charge is -2.17. The average molecular weight is 417 g/mol. The number of halogens is 6. The Balaban J connectivity index is 1.79. The molecule has 29 heavy (non-hydrogen) atoms. The Morgan fingerprint density at radius 1 is 0.931 bits per heavy atom. The van der Waals surface area contributed by atoms with E-state index in [4.69, 9.17) is 4.74 Å². The summed E-state index contributed by atoms with van der Waals surface area (Å²) in [5.74, 6) is -1.51. The van der Waals surface area contributed by atoms with Crippen molar-refractivity contribution in [2.75, 3.05) is 11.9 Å². The lowest BCUT2D eigenvalue weighted by atomic mass is 9.99. The number of ether oxygens (including phenoxy) is 1. The van der Waals surface area contributed by atoms with Crippen LogP contribution in [0.2, 0.25) is 0 Å². The standard InChI is InChI=1S/C19H13F6NO3/c20-18(21,22)12-6-13(19(23,24)25)8-14(7-12)29-9-16(27)11-1-3-15-10(5-11)2-4-17(28)26-15/h1,3,5-8H,2,4,9H2,(H,26,28). The molecule has 10 heteroatoms. The third-order valence-electron chi connectivity index (χ3n) is 4.25. The van der Waals surface area contributed by atoms with Crippen molar-refractivity contribution in [3.05, 3.63) is 58.7 Å². The van der Waals surface area contributed by atoms with Gasteiger partial charge < -0.3 is 10.1 Å². The molecule has 4 nitrogen and oxygen atoms in total. The number of anilines is 1. The van der Waals surface area contributed by atoms with E-state index in [2.05, 4.69) is 5.32 Å². The summed E-state index contributed by atoms with van der Waals surface area (Å²) in [5.41, 5.74) is -1.64. The van der Waals surface area contributed by atoms with E-state index in [0.717, 1.165) is 0 Å². The van der Waals surface area contributed by atoms with E-state index in [1.165, 1.54) is 18.2 Å². The van der Waals surface area contributed by atoms with Crippen LogP contribution in [0.3, 0.4) is 0 Å². The highest BCUT2D eigenvalue weighted by molar-refractivity contribution is 5.99. The molecule has 0 atom stereocenters. The Morgan fingerprint density at radius 3 is 2.14 bits per heavy atom. The summed E-state index contributed by atoms with van der Waals surface area (Å²) in [6.45, 7) is -0.746. The fraction of sp³-hybridized carbons (Fsp3) is 0.263. The first-order chi connectivity index (χ1) is 13.4. The normalized spacial score (nSPS) is 14.2. The largest absolute Gasteiger partial charge is 0.485 e. The van der Waals surface area contributed by atoms with E-state index in [-0.39, 0.29) is 24.0 Å². The lowest BCUT2D eigenvalue weighted by molar-refractivity contribution is -0.143. The van der Waals surface area contributed by atoms with Crippen LogP contribution in [0.4, 0.5) is 32.0 Å². The first-order valence-electron chi connectivity index (χ1n) is 8.32. The molecule has 1 aliphatic rings. The van der Waals surface area contributed by atoms with Crippen molar-refractivity contribution >= 4 is 17.4 Å². The second-order valence-corrected chi connectivity index (χ2v) is 6.37. The molecule has 1 aliphatic heterocycles. The molecular weight excluding hydrogens is 404 g/mol. The second-order valence-electron chi connectivity index (χ2n) is 6.37. The van der Waals surface area contributed by atoms with Gasteiger partial charge in [0.1, 0.15) is 5.75 Å². The van der Waals surface area contributed by atoms with Crippen molar-refractivity contribution in [3.8, 4) is 5.75 Å². The maximum atomic E-state index is 12.9. The summed E-state index contributed by atoms with van der Waals surface area (Å²) in [7, 11) is 0. The number of rotatable bonds is 4. The summed E-state index contributed by atoms with van der Waals surface area (Å²) < 4.78 is 82.1. The van der Waals surface area contributed by atoms with E-state index in [0.29, 0.717) is 29.8 Å². The minimum atomic E-state index is -5.01. The van der Waals surface area contributed by atoms with Crippen molar-refractivity contribution in [2.45, 2.75) is 25.2 Å². The predicted octanol–water partition coefficient (Wildman–Crippen LogP) is 4.87. The van der Waals surface area contributed by atoms with Gasteiger partial charge >= 0.3 is 12.4 Å². The van der Waals surface area contributed by atoms with Gasteiger partial charge in [-0.1, -0.05) is 0 Å². The van der Waals surface area contributed by atoms with E-state index in [9.17, 15) is 35.9 Å². The highest BCUT2D eigenvalue weighted by atomic mass is 19.4. The van der Waals surface area contributed by atoms with Crippen LogP contribution >= 0.6 is 0 Å². The molecule has 2 aromatic carbocycles. The minimum Gasteiger partial charge on any atom is -0.485 e. The molecule has 1 amide bonds. The number of alkyl halides is 6.